The first kappa shape index (κ1) is 11.3. The van der Waals surface area contributed by atoms with Crippen molar-refractivity contribution in [3.63, 3.8) is 0 Å². The van der Waals surface area contributed by atoms with Crippen molar-refractivity contribution in [3.05, 3.63) is 0 Å². The molecule has 0 radical (unpaired) electrons. The van der Waals surface area contributed by atoms with E-state index in [1.165, 1.54) is 0 Å². The lowest BCUT2D eigenvalue weighted by Crippen LogP contribution is -2.46. The monoisotopic (exact) mass is 228 g/mol. The predicted octanol–water partition coefficient (Wildman–Crippen LogP) is 1.08. The number of nitrogens with two attached hydrogens (primary N) is 1. The van der Waals surface area contributed by atoms with E-state index in [1.807, 2.05) is 11.8 Å². The van der Waals surface area contributed by atoms with Crippen LogP contribution in [0.25, 0.3) is 0 Å². The second-order valence-corrected chi connectivity index (χ2v) is 5.88. The molecule has 3 atom stereocenters. The topological polar surface area (TPSA) is 46.3 Å². The molecule has 4 heteroatoms. The molecule has 2 aliphatic rings. The molecular weight excluding hydrogens is 208 g/mol. The number of nitrogens with zero attached hydrogens (tertiary/aromatic N) is 1. The maximum atomic E-state index is 12.2. The summed E-state index contributed by atoms with van der Waals surface area (Å²) in [6.45, 7) is 3.08. The Morgan fingerprint density at radius 3 is 2.87 bits per heavy atom. The SMILES string of the molecule is CC1CSCCN1C(=O)C1CCC(N)C1. The van der Waals surface area contributed by atoms with Crippen molar-refractivity contribution in [1.29, 1.82) is 0 Å². The Labute approximate surface area is 95.8 Å². The quantitative estimate of drug-likeness (QED) is 0.730. The molecule has 0 bridgehead atoms. The van der Waals surface area contributed by atoms with Crippen LogP contribution in [0, 0.1) is 5.92 Å². The average Bonchev–Trinajstić information content (AvgIpc) is 2.65. The summed E-state index contributed by atoms with van der Waals surface area (Å²) in [5.41, 5.74) is 5.85. The number of amides is 1. The van der Waals surface area contributed by atoms with Gasteiger partial charge in [-0.25, -0.2) is 0 Å². The summed E-state index contributed by atoms with van der Waals surface area (Å²) < 4.78 is 0. The first-order valence-electron chi connectivity index (χ1n) is 5.82. The van der Waals surface area contributed by atoms with E-state index in [4.69, 9.17) is 5.73 Å². The summed E-state index contributed by atoms with van der Waals surface area (Å²) in [6.07, 6.45) is 2.92. The summed E-state index contributed by atoms with van der Waals surface area (Å²) in [5.74, 6) is 2.75. The summed E-state index contributed by atoms with van der Waals surface area (Å²) in [4.78, 5) is 14.3. The number of carbonyl (C=O) groups excluding carboxylic acids is 1. The molecule has 0 aromatic rings. The Hall–Kier alpha value is -0.220. The number of rotatable bonds is 1. The molecule has 2 N–H and O–H groups in total. The molecule has 15 heavy (non-hydrogen) atoms. The summed E-state index contributed by atoms with van der Waals surface area (Å²) >= 11 is 1.95. The molecule has 1 heterocycles. The van der Waals surface area contributed by atoms with Gasteiger partial charge >= 0.3 is 0 Å². The van der Waals surface area contributed by atoms with Gasteiger partial charge in [-0.1, -0.05) is 0 Å². The molecule has 3 unspecified atom stereocenters. The van der Waals surface area contributed by atoms with Crippen molar-refractivity contribution < 1.29 is 4.79 Å². The van der Waals surface area contributed by atoms with Gasteiger partial charge in [0.1, 0.15) is 0 Å². The van der Waals surface area contributed by atoms with Gasteiger partial charge in [-0.2, -0.15) is 11.8 Å². The molecule has 0 spiro atoms. The van der Waals surface area contributed by atoms with Gasteiger partial charge in [0.05, 0.1) is 0 Å². The molecular formula is C11H20N2OS. The normalized spacial score (nSPS) is 36.9. The fourth-order valence-corrected chi connectivity index (χ4v) is 3.54. The second kappa shape index (κ2) is 4.74. The van der Waals surface area contributed by atoms with Crippen molar-refractivity contribution in [1.82, 2.24) is 4.90 Å². The third kappa shape index (κ3) is 2.48. The summed E-state index contributed by atoms with van der Waals surface area (Å²) in [5, 5.41) is 0. The Morgan fingerprint density at radius 2 is 2.27 bits per heavy atom. The van der Waals surface area contributed by atoms with Gasteiger partial charge in [0.25, 0.3) is 0 Å². The lowest BCUT2D eigenvalue weighted by atomic mass is 10.1. The lowest BCUT2D eigenvalue weighted by molar-refractivity contribution is -0.136. The smallest absolute Gasteiger partial charge is 0.226 e. The van der Waals surface area contributed by atoms with Crippen LogP contribution in [0.5, 0.6) is 0 Å². The fourth-order valence-electron chi connectivity index (χ4n) is 2.53. The second-order valence-electron chi connectivity index (χ2n) is 4.73. The van der Waals surface area contributed by atoms with E-state index >= 15 is 0 Å². The average molecular weight is 228 g/mol. The van der Waals surface area contributed by atoms with Crippen LogP contribution in [0.3, 0.4) is 0 Å². The molecule has 0 aromatic heterocycles. The number of carbonyl (C=O) groups is 1. The van der Waals surface area contributed by atoms with Crippen LogP contribution < -0.4 is 5.73 Å². The van der Waals surface area contributed by atoms with Gasteiger partial charge in [-0.05, 0) is 26.2 Å². The number of hydrogen-bond donors (Lipinski definition) is 1. The molecule has 1 aliphatic carbocycles. The Kier molecular flexibility index (Phi) is 3.57. The van der Waals surface area contributed by atoms with Gasteiger partial charge in [-0.3, -0.25) is 4.79 Å². The number of thioether (sulfide) groups is 1. The van der Waals surface area contributed by atoms with E-state index in [9.17, 15) is 4.79 Å². The van der Waals surface area contributed by atoms with Crippen molar-refractivity contribution in [2.75, 3.05) is 18.1 Å². The first-order chi connectivity index (χ1) is 7.18. The minimum absolute atomic E-state index is 0.213. The summed E-state index contributed by atoms with van der Waals surface area (Å²) in [7, 11) is 0. The van der Waals surface area contributed by atoms with E-state index in [0.29, 0.717) is 11.9 Å². The van der Waals surface area contributed by atoms with E-state index in [0.717, 1.165) is 37.3 Å². The first-order valence-corrected chi connectivity index (χ1v) is 6.97. The van der Waals surface area contributed by atoms with E-state index < -0.39 is 0 Å². The van der Waals surface area contributed by atoms with Crippen LogP contribution in [0.1, 0.15) is 26.2 Å². The van der Waals surface area contributed by atoms with Crippen LogP contribution in [0.2, 0.25) is 0 Å². The zero-order chi connectivity index (χ0) is 10.8. The van der Waals surface area contributed by atoms with Gasteiger partial charge < -0.3 is 10.6 Å². The van der Waals surface area contributed by atoms with Crippen molar-refractivity contribution >= 4 is 17.7 Å². The van der Waals surface area contributed by atoms with E-state index in [-0.39, 0.29) is 12.0 Å². The highest BCUT2D eigenvalue weighted by atomic mass is 32.2. The maximum Gasteiger partial charge on any atom is 0.226 e. The van der Waals surface area contributed by atoms with Crippen molar-refractivity contribution in [2.45, 2.75) is 38.3 Å². The zero-order valence-electron chi connectivity index (χ0n) is 9.32. The van der Waals surface area contributed by atoms with Crippen molar-refractivity contribution in [3.8, 4) is 0 Å². The molecule has 1 saturated heterocycles. The molecule has 2 rings (SSSR count). The van der Waals surface area contributed by atoms with Crippen LogP contribution in [0.15, 0.2) is 0 Å². The third-order valence-corrected chi connectivity index (χ3v) is 4.66. The van der Waals surface area contributed by atoms with Crippen LogP contribution in [-0.2, 0) is 4.79 Å². The lowest BCUT2D eigenvalue weighted by Gasteiger charge is -2.34. The van der Waals surface area contributed by atoms with Gasteiger partial charge in [-0.15, -0.1) is 0 Å². The molecule has 3 nitrogen and oxygen atoms in total. The molecule has 2 fully saturated rings. The minimum Gasteiger partial charge on any atom is -0.338 e. The van der Waals surface area contributed by atoms with Gasteiger partial charge in [0.2, 0.25) is 5.91 Å². The molecule has 86 valence electrons. The Bertz CT molecular complexity index is 247. The van der Waals surface area contributed by atoms with Crippen molar-refractivity contribution in [2.24, 2.45) is 11.7 Å². The Morgan fingerprint density at radius 1 is 1.47 bits per heavy atom. The van der Waals surface area contributed by atoms with Crippen LogP contribution in [0.4, 0.5) is 0 Å². The fraction of sp³-hybridized carbons (Fsp3) is 0.909. The van der Waals surface area contributed by atoms with Crippen LogP contribution in [-0.4, -0.2) is 40.9 Å². The molecule has 1 saturated carbocycles. The highest BCUT2D eigenvalue weighted by Gasteiger charge is 2.33. The van der Waals surface area contributed by atoms with E-state index in [1.54, 1.807) is 0 Å². The maximum absolute atomic E-state index is 12.2. The third-order valence-electron chi connectivity index (χ3n) is 3.47. The predicted molar refractivity (Wildman–Crippen MR) is 63.8 cm³/mol. The summed E-state index contributed by atoms with van der Waals surface area (Å²) in [6, 6.07) is 0.668. The van der Waals surface area contributed by atoms with Gasteiger partial charge in [0.15, 0.2) is 0 Å². The highest BCUT2D eigenvalue weighted by Crippen LogP contribution is 2.28. The van der Waals surface area contributed by atoms with Crippen LogP contribution >= 0.6 is 11.8 Å². The zero-order valence-corrected chi connectivity index (χ0v) is 10.1. The minimum atomic E-state index is 0.213. The molecule has 1 amide bonds. The standard InChI is InChI=1S/C11H20N2OS/c1-8-7-15-5-4-13(8)11(14)9-2-3-10(12)6-9/h8-10H,2-7,12H2,1H3. The Balaban J connectivity index is 1.94. The highest BCUT2D eigenvalue weighted by molar-refractivity contribution is 7.99. The largest absolute Gasteiger partial charge is 0.338 e. The number of hydrogen-bond acceptors (Lipinski definition) is 3. The molecule has 0 aromatic carbocycles. The van der Waals surface area contributed by atoms with Gasteiger partial charge in [0, 0.05) is 36.1 Å². The molecule has 1 aliphatic heterocycles. The van der Waals surface area contributed by atoms with E-state index in [2.05, 4.69) is 11.8 Å².